The van der Waals surface area contributed by atoms with Gasteiger partial charge in [0.05, 0.1) is 5.69 Å². The van der Waals surface area contributed by atoms with Gasteiger partial charge in [-0.05, 0) is 41.3 Å². The van der Waals surface area contributed by atoms with Gasteiger partial charge >= 0.3 is 0 Å². The van der Waals surface area contributed by atoms with E-state index in [-0.39, 0.29) is 5.91 Å². The van der Waals surface area contributed by atoms with Crippen LogP contribution in [0.5, 0.6) is 0 Å². The minimum absolute atomic E-state index is 0.00445. The molecule has 1 amide bonds. The van der Waals surface area contributed by atoms with Gasteiger partial charge in [0.15, 0.2) is 0 Å². The molecule has 5 heteroatoms. The Morgan fingerprint density at radius 2 is 1.86 bits per heavy atom. The molecule has 0 aliphatic rings. The third kappa shape index (κ3) is 5.75. The lowest BCUT2D eigenvalue weighted by molar-refractivity contribution is -0.116. The highest BCUT2D eigenvalue weighted by Crippen LogP contribution is 2.22. The van der Waals surface area contributed by atoms with Crippen molar-refractivity contribution in [2.45, 2.75) is 32.7 Å². The van der Waals surface area contributed by atoms with Crippen molar-refractivity contribution < 1.29 is 9.59 Å². The summed E-state index contributed by atoms with van der Waals surface area (Å²) in [6.45, 7) is 2.65. The fraction of sp³-hybridized carbons (Fsp3) is 0.208. The van der Waals surface area contributed by atoms with E-state index in [1.54, 1.807) is 12.3 Å². The molecule has 29 heavy (non-hydrogen) atoms. The molecule has 0 saturated carbocycles. The average Bonchev–Trinajstić information content (AvgIpc) is 2.77. The maximum Gasteiger partial charge on any atom is 0.224 e. The molecule has 1 aromatic heterocycles. The van der Waals surface area contributed by atoms with Crippen LogP contribution in [-0.4, -0.2) is 17.2 Å². The monoisotopic (exact) mass is 387 g/mol. The van der Waals surface area contributed by atoms with E-state index in [2.05, 4.69) is 22.5 Å². The summed E-state index contributed by atoms with van der Waals surface area (Å²) >= 11 is 0. The smallest absolute Gasteiger partial charge is 0.224 e. The molecule has 0 aliphatic carbocycles. The van der Waals surface area contributed by atoms with E-state index in [1.807, 2.05) is 54.6 Å². The zero-order valence-corrected chi connectivity index (χ0v) is 16.5. The molecule has 0 saturated heterocycles. The van der Waals surface area contributed by atoms with Crippen LogP contribution in [0.2, 0.25) is 0 Å². The Morgan fingerprint density at radius 1 is 1.03 bits per heavy atom. The van der Waals surface area contributed by atoms with Crippen LogP contribution in [-0.2, 0) is 11.3 Å². The average molecular weight is 387 g/mol. The van der Waals surface area contributed by atoms with Crippen molar-refractivity contribution in [3.63, 3.8) is 0 Å². The number of aromatic nitrogens is 1. The molecule has 2 N–H and O–H groups in total. The predicted octanol–water partition coefficient (Wildman–Crippen LogP) is 5.30. The Balaban J connectivity index is 1.64. The number of carbonyl (C=O) groups excluding carboxylic acids is 2. The van der Waals surface area contributed by atoms with Crippen molar-refractivity contribution in [2.75, 3.05) is 10.6 Å². The van der Waals surface area contributed by atoms with E-state index in [9.17, 15) is 9.59 Å². The molecule has 1 heterocycles. The molecule has 3 rings (SSSR count). The summed E-state index contributed by atoms with van der Waals surface area (Å²) in [6, 6.07) is 19.3. The van der Waals surface area contributed by atoms with Gasteiger partial charge < -0.3 is 10.6 Å². The lowest BCUT2D eigenvalue weighted by Gasteiger charge is -2.12. The van der Waals surface area contributed by atoms with Crippen molar-refractivity contribution in [2.24, 2.45) is 0 Å². The van der Waals surface area contributed by atoms with Gasteiger partial charge in [0.1, 0.15) is 12.1 Å². The van der Waals surface area contributed by atoms with E-state index >= 15 is 0 Å². The minimum Gasteiger partial charge on any atom is -0.364 e. The Labute approximate surface area is 171 Å². The Hall–Kier alpha value is -3.47. The first kappa shape index (κ1) is 20.3. The molecule has 5 nitrogen and oxygen atoms in total. The van der Waals surface area contributed by atoms with Crippen LogP contribution in [0.15, 0.2) is 66.9 Å². The van der Waals surface area contributed by atoms with E-state index in [4.69, 9.17) is 0 Å². The fourth-order valence-electron chi connectivity index (χ4n) is 2.99. The maximum absolute atomic E-state index is 12.0. The first-order valence-corrected chi connectivity index (χ1v) is 9.83. The summed E-state index contributed by atoms with van der Waals surface area (Å²) in [4.78, 5) is 27.3. The second-order valence-electron chi connectivity index (χ2n) is 6.85. The maximum atomic E-state index is 12.0. The van der Waals surface area contributed by atoms with Crippen LogP contribution < -0.4 is 10.6 Å². The number of nitrogens with zero attached hydrogens (tertiary/aromatic N) is 1. The van der Waals surface area contributed by atoms with E-state index in [0.717, 1.165) is 35.8 Å². The number of pyridine rings is 1. The number of nitrogens with one attached hydrogen (secondary N) is 2. The lowest BCUT2D eigenvalue weighted by atomic mass is 10.0. The molecule has 3 aromatic rings. The van der Waals surface area contributed by atoms with Gasteiger partial charge in [-0.2, -0.15) is 0 Å². The molecular formula is C24H25N3O2. The Morgan fingerprint density at radius 3 is 2.62 bits per heavy atom. The first-order chi connectivity index (χ1) is 14.2. The quantitative estimate of drug-likeness (QED) is 0.489. The number of carbonyl (C=O) groups is 2. The fourth-order valence-corrected chi connectivity index (χ4v) is 2.99. The topological polar surface area (TPSA) is 71.1 Å². The normalized spacial score (nSPS) is 10.4. The van der Waals surface area contributed by atoms with E-state index in [1.165, 1.54) is 0 Å². The van der Waals surface area contributed by atoms with Gasteiger partial charge in [-0.25, -0.2) is 4.98 Å². The Kier molecular flexibility index (Phi) is 7.11. The number of hydrogen-bond acceptors (Lipinski definition) is 4. The van der Waals surface area contributed by atoms with Crippen LogP contribution in [0.3, 0.4) is 0 Å². The summed E-state index contributed by atoms with van der Waals surface area (Å²) in [5, 5.41) is 6.23. The van der Waals surface area contributed by atoms with E-state index in [0.29, 0.717) is 30.0 Å². The van der Waals surface area contributed by atoms with Crippen LogP contribution in [0, 0.1) is 0 Å². The highest BCUT2D eigenvalue weighted by atomic mass is 16.1. The molecule has 148 valence electrons. The summed E-state index contributed by atoms with van der Waals surface area (Å²) in [5.74, 6) is 0.657. The summed E-state index contributed by atoms with van der Waals surface area (Å²) in [7, 11) is 0. The van der Waals surface area contributed by atoms with Crippen molar-refractivity contribution in [1.29, 1.82) is 0 Å². The minimum atomic E-state index is 0.00445. The molecule has 0 bridgehead atoms. The molecule has 0 atom stereocenters. The molecule has 2 aromatic carbocycles. The number of hydrogen-bond donors (Lipinski definition) is 2. The number of rotatable bonds is 9. The number of amides is 1. The number of unbranched alkanes of at least 4 members (excludes halogenated alkanes) is 1. The van der Waals surface area contributed by atoms with Gasteiger partial charge in [-0.15, -0.1) is 0 Å². The SMILES string of the molecule is CCCCC(=O)Nc1cccnc1NCc1ccc(-c2cccc(C=O)c2)cc1. The zero-order chi connectivity index (χ0) is 20.5. The standard InChI is InChI=1S/C24H25N3O2/c1-2-3-9-23(29)27-22-8-5-14-25-24(22)26-16-18-10-12-20(13-11-18)21-7-4-6-19(15-21)17-28/h4-8,10-15,17H,2-3,9,16H2,1H3,(H,25,26)(H,27,29). The van der Waals surface area contributed by atoms with Crippen molar-refractivity contribution in [3.8, 4) is 11.1 Å². The van der Waals surface area contributed by atoms with Gasteiger partial charge in [0, 0.05) is 24.7 Å². The third-order valence-corrected chi connectivity index (χ3v) is 4.61. The highest BCUT2D eigenvalue weighted by molar-refractivity contribution is 5.93. The van der Waals surface area contributed by atoms with Gasteiger partial charge in [0.2, 0.25) is 5.91 Å². The summed E-state index contributed by atoms with van der Waals surface area (Å²) in [6.07, 6.45) is 4.93. The van der Waals surface area contributed by atoms with Gasteiger partial charge in [-0.1, -0.05) is 55.8 Å². The molecule has 0 aliphatic heterocycles. The van der Waals surface area contributed by atoms with Crippen molar-refractivity contribution >= 4 is 23.7 Å². The highest BCUT2D eigenvalue weighted by Gasteiger charge is 2.07. The summed E-state index contributed by atoms with van der Waals surface area (Å²) in [5.41, 5.74) is 4.51. The first-order valence-electron chi connectivity index (χ1n) is 9.83. The second-order valence-corrected chi connectivity index (χ2v) is 6.85. The van der Waals surface area contributed by atoms with Crippen molar-refractivity contribution in [1.82, 2.24) is 4.98 Å². The Bertz CT molecular complexity index is 968. The molecule has 0 unspecified atom stereocenters. The largest absolute Gasteiger partial charge is 0.364 e. The third-order valence-electron chi connectivity index (χ3n) is 4.61. The molecular weight excluding hydrogens is 362 g/mol. The molecule has 0 spiro atoms. The van der Waals surface area contributed by atoms with Crippen LogP contribution in [0.25, 0.3) is 11.1 Å². The van der Waals surface area contributed by atoms with E-state index < -0.39 is 0 Å². The van der Waals surface area contributed by atoms with Crippen LogP contribution in [0.4, 0.5) is 11.5 Å². The van der Waals surface area contributed by atoms with Crippen molar-refractivity contribution in [3.05, 3.63) is 78.0 Å². The molecule has 0 fully saturated rings. The summed E-state index contributed by atoms with van der Waals surface area (Å²) < 4.78 is 0. The number of aldehydes is 1. The van der Waals surface area contributed by atoms with Crippen LogP contribution in [0.1, 0.15) is 42.1 Å². The van der Waals surface area contributed by atoms with Gasteiger partial charge in [0.25, 0.3) is 0 Å². The number of anilines is 2. The lowest BCUT2D eigenvalue weighted by Crippen LogP contribution is -2.13. The predicted molar refractivity (Wildman–Crippen MR) is 117 cm³/mol. The second kappa shape index (κ2) is 10.2. The van der Waals surface area contributed by atoms with Crippen LogP contribution >= 0.6 is 0 Å². The number of benzene rings is 2. The molecule has 0 radical (unpaired) electrons. The van der Waals surface area contributed by atoms with Gasteiger partial charge in [-0.3, -0.25) is 9.59 Å². The zero-order valence-electron chi connectivity index (χ0n) is 16.5.